The molecular weight excluding hydrogens is 242 g/mol. The molecular formula is C14H13N3O2. The SMILES string of the molecule is Cc1ccccc1/C=N/Nc1ccc([N+](=O)[O-])cc1. The molecule has 0 amide bonds. The third-order valence-electron chi connectivity index (χ3n) is 2.66. The number of nitrogens with one attached hydrogen (secondary N) is 1. The van der Waals surface area contributed by atoms with E-state index in [1.165, 1.54) is 12.1 Å². The van der Waals surface area contributed by atoms with Gasteiger partial charge in [0.05, 0.1) is 16.8 Å². The fraction of sp³-hybridized carbons (Fsp3) is 0.0714. The van der Waals surface area contributed by atoms with Gasteiger partial charge in [-0.25, -0.2) is 0 Å². The Morgan fingerprint density at radius 2 is 1.84 bits per heavy atom. The molecule has 2 rings (SSSR count). The largest absolute Gasteiger partial charge is 0.278 e. The minimum Gasteiger partial charge on any atom is -0.278 e. The highest BCUT2D eigenvalue weighted by atomic mass is 16.6. The van der Waals surface area contributed by atoms with Gasteiger partial charge < -0.3 is 0 Å². The summed E-state index contributed by atoms with van der Waals surface area (Å²) in [5, 5.41) is 14.6. The van der Waals surface area contributed by atoms with Gasteiger partial charge >= 0.3 is 0 Å². The minimum atomic E-state index is -0.430. The van der Waals surface area contributed by atoms with Crippen LogP contribution in [-0.4, -0.2) is 11.1 Å². The lowest BCUT2D eigenvalue weighted by atomic mass is 10.1. The Labute approximate surface area is 110 Å². The number of nitro groups is 1. The minimum absolute atomic E-state index is 0.0634. The first kappa shape index (κ1) is 12.8. The van der Waals surface area contributed by atoms with Crippen molar-refractivity contribution in [2.45, 2.75) is 6.92 Å². The van der Waals surface area contributed by atoms with E-state index < -0.39 is 4.92 Å². The second-order valence-corrected chi connectivity index (χ2v) is 4.03. The highest BCUT2D eigenvalue weighted by Gasteiger charge is 2.02. The summed E-state index contributed by atoms with van der Waals surface area (Å²) in [6, 6.07) is 14.0. The number of hydrogen-bond acceptors (Lipinski definition) is 4. The maximum Gasteiger partial charge on any atom is 0.269 e. The predicted octanol–water partition coefficient (Wildman–Crippen LogP) is 3.35. The van der Waals surface area contributed by atoms with Gasteiger partial charge in [0.2, 0.25) is 0 Å². The molecule has 5 nitrogen and oxygen atoms in total. The van der Waals surface area contributed by atoms with Crippen LogP contribution in [0.5, 0.6) is 0 Å². The van der Waals surface area contributed by atoms with Crippen LogP contribution < -0.4 is 5.43 Å². The average Bonchev–Trinajstić information content (AvgIpc) is 2.41. The van der Waals surface area contributed by atoms with Crippen molar-refractivity contribution in [1.29, 1.82) is 0 Å². The molecule has 2 aromatic carbocycles. The third kappa shape index (κ3) is 3.38. The molecule has 0 aliphatic carbocycles. The van der Waals surface area contributed by atoms with Gasteiger partial charge in [-0.05, 0) is 30.2 Å². The summed E-state index contributed by atoms with van der Waals surface area (Å²) in [4.78, 5) is 10.1. The van der Waals surface area contributed by atoms with Crippen LogP contribution in [0.25, 0.3) is 0 Å². The first-order chi connectivity index (χ1) is 9.16. The average molecular weight is 255 g/mol. The summed E-state index contributed by atoms with van der Waals surface area (Å²) in [5.74, 6) is 0. The van der Waals surface area contributed by atoms with Crippen LogP contribution in [0.3, 0.4) is 0 Å². The summed E-state index contributed by atoms with van der Waals surface area (Å²) in [5.41, 5.74) is 5.76. The third-order valence-corrected chi connectivity index (χ3v) is 2.66. The highest BCUT2D eigenvalue weighted by Crippen LogP contribution is 2.15. The molecule has 0 aliphatic heterocycles. The summed E-state index contributed by atoms with van der Waals surface area (Å²) in [6.45, 7) is 2.01. The zero-order valence-electron chi connectivity index (χ0n) is 10.4. The van der Waals surface area contributed by atoms with E-state index in [9.17, 15) is 10.1 Å². The van der Waals surface area contributed by atoms with Crippen LogP contribution in [0.2, 0.25) is 0 Å². The van der Waals surface area contributed by atoms with E-state index in [1.54, 1.807) is 18.3 Å². The lowest BCUT2D eigenvalue weighted by molar-refractivity contribution is -0.384. The van der Waals surface area contributed by atoms with Gasteiger partial charge in [-0.3, -0.25) is 15.5 Å². The maximum absolute atomic E-state index is 10.5. The summed E-state index contributed by atoms with van der Waals surface area (Å²) >= 11 is 0. The number of hydrazone groups is 1. The number of benzene rings is 2. The van der Waals surface area contributed by atoms with Crippen molar-refractivity contribution >= 4 is 17.6 Å². The second-order valence-electron chi connectivity index (χ2n) is 4.03. The fourth-order valence-electron chi connectivity index (χ4n) is 1.57. The van der Waals surface area contributed by atoms with Gasteiger partial charge in [0.15, 0.2) is 0 Å². The molecule has 0 saturated carbocycles. The van der Waals surface area contributed by atoms with E-state index in [2.05, 4.69) is 10.5 Å². The first-order valence-electron chi connectivity index (χ1n) is 5.76. The van der Waals surface area contributed by atoms with Crippen molar-refractivity contribution < 1.29 is 4.92 Å². The quantitative estimate of drug-likeness (QED) is 0.517. The summed E-state index contributed by atoms with van der Waals surface area (Å²) in [6.07, 6.45) is 1.72. The maximum atomic E-state index is 10.5. The van der Waals surface area contributed by atoms with Crippen LogP contribution in [0, 0.1) is 17.0 Å². The molecule has 0 spiro atoms. The fourth-order valence-corrected chi connectivity index (χ4v) is 1.57. The summed E-state index contributed by atoms with van der Waals surface area (Å²) < 4.78 is 0. The van der Waals surface area contributed by atoms with Crippen LogP contribution in [-0.2, 0) is 0 Å². The van der Waals surface area contributed by atoms with Gasteiger partial charge in [-0.1, -0.05) is 24.3 Å². The molecule has 19 heavy (non-hydrogen) atoms. The van der Waals surface area contributed by atoms with Crippen molar-refractivity contribution in [2.75, 3.05) is 5.43 Å². The number of hydrogen-bond donors (Lipinski definition) is 1. The molecule has 96 valence electrons. The van der Waals surface area contributed by atoms with Gasteiger partial charge in [0.25, 0.3) is 5.69 Å². The van der Waals surface area contributed by atoms with E-state index in [4.69, 9.17) is 0 Å². The Balaban J connectivity index is 2.03. The zero-order chi connectivity index (χ0) is 13.7. The molecule has 5 heteroatoms. The highest BCUT2D eigenvalue weighted by molar-refractivity contribution is 5.82. The van der Waals surface area contributed by atoms with Gasteiger partial charge in [0, 0.05) is 12.1 Å². The molecule has 0 bridgehead atoms. The zero-order valence-corrected chi connectivity index (χ0v) is 10.4. The number of nitro benzene ring substituents is 1. The lowest BCUT2D eigenvalue weighted by Gasteiger charge is -2.00. The number of non-ortho nitro benzene ring substituents is 1. The van der Waals surface area contributed by atoms with Crippen molar-refractivity contribution in [2.24, 2.45) is 5.10 Å². The number of aryl methyl sites for hydroxylation is 1. The van der Waals surface area contributed by atoms with Crippen LogP contribution >= 0.6 is 0 Å². The molecule has 2 aromatic rings. The molecule has 0 saturated heterocycles. The van der Waals surface area contributed by atoms with Crippen LogP contribution in [0.1, 0.15) is 11.1 Å². The number of nitrogens with zero attached hydrogens (tertiary/aromatic N) is 2. The molecule has 0 fully saturated rings. The molecule has 1 N–H and O–H groups in total. The first-order valence-corrected chi connectivity index (χ1v) is 5.76. The van der Waals surface area contributed by atoms with E-state index in [0.717, 1.165) is 11.1 Å². The standard InChI is InChI=1S/C14H13N3O2/c1-11-4-2-3-5-12(11)10-15-16-13-6-8-14(9-7-13)17(18)19/h2-10,16H,1H3/b15-10+. The molecule has 0 aliphatic rings. The van der Waals surface area contributed by atoms with Crippen molar-refractivity contribution in [3.05, 3.63) is 69.8 Å². The molecule has 0 radical (unpaired) electrons. The van der Waals surface area contributed by atoms with Gasteiger partial charge in [-0.2, -0.15) is 5.10 Å². The lowest BCUT2D eigenvalue weighted by Crippen LogP contribution is -1.93. The molecule has 0 atom stereocenters. The summed E-state index contributed by atoms with van der Waals surface area (Å²) in [7, 11) is 0. The van der Waals surface area contributed by atoms with Crippen LogP contribution in [0.4, 0.5) is 11.4 Å². The van der Waals surface area contributed by atoms with Gasteiger partial charge in [0.1, 0.15) is 0 Å². The molecule has 0 heterocycles. The molecule has 0 aromatic heterocycles. The van der Waals surface area contributed by atoms with E-state index in [0.29, 0.717) is 5.69 Å². The van der Waals surface area contributed by atoms with E-state index in [-0.39, 0.29) is 5.69 Å². The Morgan fingerprint density at radius 1 is 1.16 bits per heavy atom. The normalized spacial score (nSPS) is 10.6. The van der Waals surface area contributed by atoms with E-state index >= 15 is 0 Å². The topological polar surface area (TPSA) is 67.5 Å². The van der Waals surface area contributed by atoms with Crippen molar-refractivity contribution in [3.8, 4) is 0 Å². The van der Waals surface area contributed by atoms with Crippen molar-refractivity contribution in [3.63, 3.8) is 0 Å². The Hall–Kier alpha value is -2.69. The van der Waals surface area contributed by atoms with Crippen LogP contribution in [0.15, 0.2) is 53.6 Å². The number of anilines is 1. The Bertz CT molecular complexity index is 606. The monoisotopic (exact) mass is 255 g/mol. The number of rotatable bonds is 4. The molecule has 0 unspecified atom stereocenters. The van der Waals surface area contributed by atoms with E-state index in [1.807, 2.05) is 31.2 Å². The van der Waals surface area contributed by atoms with Gasteiger partial charge in [-0.15, -0.1) is 0 Å². The Morgan fingerprint density at radius 3 is 2.47 bits per heavy atom. The predicted molar refractivity (Wildman–Crippen MR) is 75.5 cm³/mol. The Kier molecular flexibility index (Phi) is 3.87. The smallest absolute Gasteiger partial charge is 0.269 e. The second kappa shape index (κ2) is 5.77. The van der Waals surface area contributed by atoms with Crippen molar-refractivity contribution in [1.82, 2.24) is 0 Å².